The van der Waals surface area contributed by atoms with Gasteiger partial charge in [0.2, 0.25) is 6.10 Å². The van der Waals surface area contributed by atoms with Crippen LogP contribution in [0.15, 0.2) is 24.5 Å². The van der Waals surface area contributed by atoms with E-state index in [-0.39, 0.29) is 18.8 Å². The summed E-state index contributed by atoms with van der Waals surface area (Å²) in [7, 11) is 0. The average molecular weight is 489 g/mol. The van der Waals surface area contributed by atoms with E-state index in [1.807, 2.05) is 0 Å². The normalized spacial score (nSPS) is 22.8. The van der Waals surface area contributed by atoms with Crippen LogP contribution < -0.4 is 4.57 Å². The van der Waals surface area contributed by atoms with Gasteiger partial charge in [-0.2, -0.15) is 4.57 Å². The molecule has 0 spiro atoms. The summed E-state index contributed by atoms with van der Waals surface area (Å²) in [6, 6.07) is 3.15. The number of aromatic nitrogens is 1. The van der Waals surface area contributed by atoms with Crippen molar-refractivity contribution in [3.63, 3.8) is 0 Å². The molecule has 2 heterocycles. The van der Waals surface area contributed by atoms with Gasteiger partial charge in [-0.15, -0.1) is 0 Å². The Morgan fingerprint density at radius 2 is 1.70 bits per heavy atom. The van der Waals surface area contributed by atoms with Crippen LogP contribution >= 0.6 is 15.9 Å². The molecule has 1 fully saturated rings. The summed E-state index contributed by atoms with van der Waals surface area (Å²) in [5.41, 5.74) is 0.246. The molecule has 1 aromatic heterocycles. The molecule has 4 atom stereocenters. The molecule has 2 rings (SSSR count). The molecule has 0 radical (unpaired) electrons. The molecule has 164 valence electrons. The molecule has 0 saturated carbocycles. The summed E-state index contributed by atoms with van der Waals surface area (Å²) in [5.74, 6) is -2.32. The summed E-state index contributed by atoms with van der Waals surface area (Å²) in [5, 5.41) is 0.494. The van der Waals surface area contributed by atoms with E-state index in [2.05, 4.69) is 15.9 Å². The van der Waals surface area contributed by atoms with Crippen molar-refractivity contribution in [1.29, 1.82) is 0 Å². The summed E-state index contributed by atoms with van der Waals surface area (Å²) < 4.78 is 28.2. The molecule has 10 nitrogen and oxygen atoms in total. The zero-order valence-electron chi connectivity index (χ0n) is 16.7. The molecule has 30 heavy (non-hydrogen) atoms. The van der Waals surface area contributed by atoms with Gasteiger partial charge < -0.3 is 23.7 Å². The van der Waals surface area contributed by atoms with Gasteiger partial charge in [-0.1, -0.05) is 15.9 Å². The van der Waals surface area contributed by atoms with E-state index in [4.69, 9.17) is 23.7 Å². The van der Waals surface area contributed by atoms with Gasteiger partial charge in [0.15, 0.2) is 18.5 Å². The highest BCUT2D eigenvalue weighted by atomic mass is 79.9. The highest BCUT2D eigenvalue weighted by molar-refractivity contribution is 9.09. The molecule has 1 aromatic rings. The number of carbonyl (C=O) groups excluding carboxylic acids is 4. The van der Waals surface area contributed by atoms with Gasteiger partial charge in [0.25, 0.3) is 0 Å². The average Bonchev–Trinajstić information content (AvgIpc) is 3.00. The Morgan fingerprint density at radius 3 is 2.30 bits per heavy atom. The molecule has 0 aliphatic carbocycles. The van der Waals surface area contributed by atoms with Crippen molar-refractivity contribution in [3.05, 3.63) is 30.1 Å². The lowest BCUT2D eigenvalue weighted by Gasteiger charge is -2.21. The van der Waals surface area contributed by atoms with Gasteiger partial charge in [-0.05, 0) is 6.07 Å². The largest absolute Gasteiger partial charge is 0.463 e. The van der Waals surface area contributed by atoms with Gasteiger partial charge >= 0.3 is 30.1 Å². The van der Waals surface area contributed by atoms with E-state index < -0.39 is 48.4 Å². The minimum atomic E-state index is -1.04. The Hall–Kier alpha value is -2.53. The second kappa shape index (κ2) is 11.0. The first-order valence-corrected chi connectivity index (χ1v) is 10.2. The number of pyridine rings is 1. The highest BCUT2D eigenvalue weighted by Crippen LogP contribution is 2.31. The number of rotatable bonds is 8. The van der Waals surface area contributed by atoms with Crippen LogP contribution in [0.3, 0.4) is 0 Å². The number of nitrogens with zero attached hydrogens (tertiary/aromatic N) is 1. The summed E-state index contributed by atoms with van der Waals surface area (Å²) in [4.78, 5) is 46.7. The van der Waals surface area contributed by atoms with Crippen LogP contribution in [0.5, 0.6) is 0 Å². The maximum Gasteiger partial charge on any atom is 0.344 e. The fourth-order valence-corrected chi connectivity index (χ4v) is 3.08. The minimum Gasteiger partial charge on any atom is -0.463 e. The lowest BCUT2D eigenvalue weighted by Crippen LogP contribution is -2.48. The number of esters is 4. The summed E-state index contributed by atoms with van der Waals surface area (Å²) in [6.07, 6.45) is -0.817. The number of alkyl halides is 1. The lowest BCUT2D eigenvalue weighted by molar-refractivity contribution is -0.765. The van der Waals surface area contributed by atoms with Crippen molar-refractivity contribution < 1.29 is 47.4 Å². The van der Waals surface area contributed by atoms with E-state index in [1.165, 1.54) is 31.5 Å². The van der Waals surface area contributed by atoms with Crippen LogP contribution in [0.4, 0.5) is 0 Å². The molecular formula is C19H23BrNO9+. The predicted molar refractivity (Wildman–Crippen MR) is 102 cm³/mol. The monoisotopic (exact) mass is 488 g/mol. The Balaban J connectivity index is 2.35. The minimum absolute atomic E-state index is 0.197. The zero-order valence-corrected chi connectivity index (χ0v) is 18.3. The van der Waals surface area contributed by atoms with Gasteiger partial charge in [0.1, 0.15) is 24.9 Å². The molecule has 1 aliphatic heterocycles. The smallest absolute Gasteiger partial charge is 0.344 e. The number of carbonyl (C=O) groups is 4. The first kappa shape index (κ1) is 23.7. The van der Waals surface area contributed by atoms with Crippen molar-refractivity contribution in [2.45, 2.75) is 45.3 Å². The van der Waals surface area contributed by atoms with Crippen molar-refractivity contribution in [1.82, 2.24) is 0 Å². The second-order valence-corrected chi connectivity index (χ2v) is 7.17. The maximum absolute atomic E-state index is 12.2. The molecule has 0 bridgehead atoms. The molecule has 0 aromatic carbocycles. The Morgan fingerprint density at radius 1 is 1.03 bits per heavy atom. The molecule has 1 aliphatic rings. The second-order valence-electron chi connectivity index (χ2n) is 6.38. The third kappa shape index (κ3) is 6.49. The zero-order chi connectivity index (χ0) is 22.3. The van der Waals surface area contributed by atoms with Crippen molar-refractivity contribution in [2.24, 2.45) is 0 Å². The fourth-order valence-electron chi connectivity index (χ4n) is 2.92. The Bertz CT molecular complexity index is 800. The number of hydrogen-bond acceptors (Lipinski definition) is 9. The summed E-state index contributed by atoms with van der Waals surface area (Å²) in [6.45, 7) is 3.63. The number of halogens is 1. The van der Waals surface area contributed by atoms with E-state index in [0.29, 0.717) is 5.33 Å². The SMILES string of the molecule is CC(=O)OC[C@H]1OC([n+]2cccc(C(=O)OCCBr)c2)[C@H](OC(C)=O)[C@@H]1OC(C)=O. The molecule has 1 unspecified atom stereocenters. The van der Waals surface area contributed by atoms with Crippen LogP contribution in [-0.4, -0.2) is 60.7 Å². The first-order valence-electron chi connectivity index (χ1n) is 9.10. The van der Waals surface area contributed by atoms with E-state index in [9.17, 15) is 19.2 Å². The molecular weight excluding hydrogens is 466 g/mol. The highest BCUT2D eigenvalue weighted by Gasteiger charge is 2.54. The molecule has 0 N–H and O–H groups in total. The third-order valence-electron chi connectivity index (χ3n) is 4.00. The Labute approximate surface area is 181 Å². The van der Waals surface area contributed by atoms with Gasteiger partial charge in [-0.3, -0.25) is 14.4 Å². The maximum atomic E-state index is 12.2. The third-order valence-corrected chi connectivity index (χ3v) is 4.33. The summed E-state index contributed by atoms with van der Waals surface area (Å²) >= 11 is 3.18. The van der Waals surface area contributed by atoms with Crippen LogP contribution in [0.25, 0.3) is 0 Å². The molecule has 11 heteroatoms. The topological polar surface area (TPSA) is 118 Å². The number of hydrogen-bond donors (Lipinski definition) is 0. The predicted octanol–water partition coefficient (Wildman–Crippen LogP) is 0.850. The standard InChI is InChI=1S/C19H23BrNO9/c1-11(22)27-10-15-16(28-12(2)23)17(29-13(3)24)18(30-15)21-7-4-5-14(9-21)19(25)26-8-6-20/h4-5,7,9,15-18H,6,8,10H2,1-3H3/q+1/t15-,16-,17-,18?/m1/s1. The van der Waals surface area contributed by atoms with Crippen LogP contribution in [0.2, 0.25) is 0 Å². The first-order chi connectivity index (χ1) is 14.2. The molecule has 1 saturated heterocycles. The van der Waals surface area contributed by atoms with Crippen LogP contribution in [0.1, 0.15) is 37.4 Å². The number of ether oxygens (including phenoxy) is 5. The van der Waals surface area contributed by atoms with Crippen LogP contribution in [-0.2, 0) is 38.1 Å². The van der Waals surface area contributed by atoms with Gasteiger partial charge in [0, 0.05) is 32.2 Å². The quantitative estimate of drug-likeness (QED) is 0.227. The van der Waals surface area contributed by atoms with Crippen LogP contribution in [0, 0.1) is 0 Å². The van der Waals surface area contributed by atoms with E-state index in [1.54, 1.807) is 18.3 Å². The van der Waals surface area contributed by atoms with Crippen molar-refractivity contribution >= 4 is 39.8 Å². The Kier molecular flexibility index (Phi) is 8.72. The van der Waals surface area contributed by atoms with Gasteiger partial charge in [-0.25, -0.2) is 4.79 Å². The molecule has 0 amide bonds. The van der Waals surface area contributed by atoms with Crippen molar-refractivity contribution in [3.8, 4) is 0 Å². The van der Waals surface area contributed by atoms with Gasteiger partial charge in [0.05, 0.1) is 0 Å². The van der Waals surface area contributed by atoms with E-state index >= 15 is 0 Å². The van der Waals surface area contributed by atoms with Crippen molar-refractivity contribution in [2.75, 3.05) is 18.5 Å². The van der Waals surface area contributed by atoms with E-state index in [0.717, 1.165) is 0 Å². The lowest BCUT2D eigenvalue weighted by atomic mass is 10.1. The fraction of sp³-hybridized carbons (Fsp3) is 0.526.